The van der Waals surface area contributed by atoms with Gasteiger partial charge in [-0.2, -0.15) is 0 Å². The number of hydrogen-bond donors (Lipinski definition) is 1. The number of benzene rings is 2. The first kappa shape index (κ1) is 18.9. The van der Waals surface area contributed by atoms with Crippen molar-refractivity contribution in [2.24, 2.45) is 7.05 Å². The normalized spacial score (nSPS) is 10.6. The summed E-state index contributed by atoms with van der Waals surface area (Å²) in [6.07, 6.45) is 0. The number of methoxy groups -OCH3 is 1. The Hall–Kier alpha value is -2.87. The van der Waals surface area contributed by atoms with Gasteiger partial charge in [-0.15, -0.1) is 10.2 Å². The molecule has 8 heteroatoms. The topological polar surface area (TPSA) is 69.0 Å². The molecule has 0 aliphatic carbocycles. The molecule has 0 saturated carbocycles. The fraction of sp³-hybridized carbons (Fsp3) is 0.211. The van der Waals surface area contributed by atoms with Crippen LogP contribution in [0.1, 0.15) is 21.7 Å². The molecule has 0 aliphatic rings. The number of amides is 1. The van der Waals surface area contributed by atoms with Gasteiger partial charge < -0.3 is 14.6 Å². The van der Waals surface area contributed by atoms with E-state index in [1.807, 2.05) is 11.6 Å². The van der Waals surface area contributed by atoms with Gasteiger partial charge in [0.2, 0.25) is 0 Å². The van der Waals surface area contributed by atoms with E-state index in [0.29, 0.717) is 22.9 Å². The van der Waals surface area contributed by atoms with Gasteiger partial charge in [0, 0.05) is 18.4 Å². The van der Waals surface area contributed by atoms with Crippen LogP contribution >= 0.6 is 11.8 Å². The molecule has 3 rings (SSSR count). The maximum atomic E-state index is 13.0. The molecule has 0 atom stereocenters. The number of thioether (sulfide) groups is 1. The lowest BCUT2D eigenvalue weighted by molar-refractivity contribution is 0.0949. The predicted molar refractivity (Wildman–Crippen MR) is 101 cm³/mol. The summed E-state index contributed by atoms with van der Waals surface area (Å²) in [5.41, 5.74) is 1.54. The SMILES string of the molecule is COc1ccc(C(=O)NCc2nnc(SCc3ccc(F)cc3)n2C)cc1. The number of halogens is 1. The molecule has 1 N–H and O–H groups in total. The van der Waals surface area contributed by atoms with Crippen LogP contribution in [-0.2, 0) is 19.3 Å². The van der Waals surface area contributed by atoms with E-state index in [0.717, 1.165) is 10.7 Å². The fourth-order valence-corrected chi connectivity index (χ4v) is 3.24. The zero-order valence-corrected chi connectivity index (χ0v) is 15.8. The summed E-state index contributed by atoms with van der Waals surface area (Å²) in [4.78, 5) is 12.2. The van der Waals surface area contributed by atoms with E-state index < -0.39 is 0 Å². The third-order valence-corrected chi connectivity index (χ3v) is 5.06. The van der Waals surface area contributed by atoms with Crippen LogP contribution in [0.3, 0.4) is 0 Å². The molecule has 2 aromatic carbocycles. The summed E-state index contributed by atoms with van der Waals surface area (Å²) in [6, 6.07) is 13.2. The highest BCUT2D eigenvalue weighted by molar-refractivity contribution is 7.98. The molecule has 0 spiro atoms. The Morgan fingerprint density at radius 2 is 1.85 bits per heavy atom. The van der Waals surface area contributed by atoms with Crippen LogP contribution < -0.4 is 10.1 Å². The van der Waals surface area contributed by atoms with Gasteiger partial charge in [0.1, 0.15) is 11.6 Å². The monoisotopic (exact) mass is 386 g/mol. The van der Waals surface area contributed by atoms with Gasteiger partial charge >= 0.3 is 0 Å². The predicted octanol–water partition coefficient (Wildman–Crippen LogP) is 3.19. The number of rotatable bonds is 7. The van der Waals surface area contributed by atoms with Gasteiger partial charge in [0.15, 0.2) is 11.0 Å². The maximum Gasteiger partial charge on any atom is 0.251 e. The molecule has 140 valence electrons. The van der Waals surface area contributed by atoms with Crippen molar-refractivity contribution in [3.63, 3.8) is 0 Å². The van der Waals surface area contributed by atoms with Gasteiger partial charge in [-0.05, 0) is 42.0 Å². The summed E-state index contributed by atoms with van der Waals surface area (Å²) >= 11 is 1.50. The second-order valence-electron chi connectivity index (χ2n) is 5.78. The summed E-state index contributed by atoms with van der Waals surface area (Å²) in [7, 11) is 3.43. The third kappa shape index (κ3) is 4.85. The van der Waals surface area contributed by atoms with Crippen LogP contribution in [0.4, 0.5) is 4.39 Å². The average Bonchev–Trinajstić information content (AvgIpc) is 3.05. The highest BCUT2D eigenvalue weighted by atomic mass is 32.2. The standard InChI is InChI=1S/C19H19FN4O2S/c1-24-17(11-21-18(25)14-5-9-16(26-2)10-6-14)22-23-19(24)27-12-13-3-7-15(20)8-4-13/h3-10H,11-12H2,1-2H3,(H,21,25). The molecule has 0 fully saturated rings. The summed E-state index contributed by atoms with van der Waals surface area (Å²) < 4.78 is 19.9. The molecule has 3 aromatic rings. The van der Waals surface area contributed by atoms with Crippen molar-refractivity contribution < 1.29 is 13.9 Å². The Morgan fingerprint density at radius 3 is 2.52 bits per heavy atom. The Morgan fingerprint density at radius 1 is 1.15 bits per heavy atom. The van der Waals surface area contributed by atoms with Crippen molar-refractivity contribution in [3.8, 4) is 5.75 Å². The van der Waals surface area contributed by atoms with E-state index in [4.69, 9.17) is 4.74 Å². The Labute approximate surface area is 160 Å². The van der Waals surface area contributed by atoms with Gasteiger partial charge in [-0.3, -0.25) is 4.79 Å². The van der Waals surface area contributed by atoms with Crippen molar-refractivity contribution in [3.05, 3.63) is 71.3 Å². The molecule has 1 amide bonds. The Balaban J connectivity index is 1.56. The molecule has 0 unspecified atom stereocenters. The van der Waals surface area contributed by atoms with E-state index >= 15 is 0 Å². The first-order valence-electron chi connectivity index (χ1n) is 8.24. The lowest BCUT2D eigenvalue weighted by atomic mass is 10.2. The number of nitrogens with one attached hydrogen (secondary N) is 1. The number of hydrogen-bond acceptors (Lipinski definition) is 5. The third-order valence-electron chi connectivity index (χ3n) is 3.97. The van der Waals surface area contributed by atoms with E-state index in [-0.39, 0.29) is 18.3 Å². The highest BCUT2D eigenvalue weighted by Gasteiger charge is 2.12. The molecule has 1 heterocycles. The largest absolute Gasteiger partial charge is 0.497 e. The quantitative estimate of drug-likeness (QED) is 0.632. The molecule has 0 bridgehead atoms. The molecular formula is C19H19FN4O2S. The number of carbonyl (C=O) groups is 1. The molecule has 1 aromatic heterocycles. The Bertz CT molecular complexity index is 910. The van der Waals surface area contributed by atoms with E-state index in [2.05, 4.69) is 15.5 Å². The van der Waals surface area contributed by atoms with Crippen molar-refractivity contribution in [1.82, 2.24) is 20.1 Å². The molecule has 0 aliphatic heterocycles. The lowest BCUT2D eigenvalue weighted by Gasteiger charge is -2.07. The number of ether oxygens (including phenoxy) is 1. The van der Waals surface area contributed by atoms with E-state index in [9.17, 15) is 9.18 Å². The molecule has 27 heavy (non-hydrogen) atoms. The van der Waals surface area contributed by atoms with Gasteiger partial charge in [0.25, 0.3) is 5.91 Å². The Kier molecular flexibility index (Phi) is 6.08. The minimum Gasteiger partial charge on any atom is -0.497 e. The number of aromatic nitrogens is 3. The number of nitrogens with zero attached hydrogens (tertiary/aromatic N) is 3. The lowest BCUT2D eigenvalue weighted by Crippen LogP contribution is -2.24. The number of carbonyl (C=O) groups excluding carboxylic acids is 1. The molecular weight excluding hydrogens is 367 g/mol. The average molecular weight is 386 g/mol. The maximum absolute atomic E-state index is 13.0. The van der Waals surface area contributed by atoms with E-state index in [1.165, 1.54) is 23.9 Å². The van der Waals surface area contributed by atoms with Crippen LogP contribution in [0.5, 0.6) is 5.75 Å². The summed E-state index contributed by atoms with van der Waals surface area (Å²) in [5, 5.41) is 11.9. The van der Waals surface area contributed by atoms with Gasteiger partial charge in [-0.1, -0.05) is 23.9 Å². The second kappa shape index (κ2) is 8.68. The summed E-state index contributed by atoms with van der Waals surface area (Å²) in [6.45, 7) is 0.269. The van der Waals surface area contributed by atoms with Crippen LogP contribution in [0.25, 0.3) is 0 Å². The van der Waals surface area contributed by atoms with Crippen LogP contribution in [0.15, 0.2) is 53.7 Å². The fourth-order valence-electron chi connectivity index (χ4n) is 2.36. The molecule has 0 saturated heterocycles. The zero-order chi connectivity index (χ0) is 19.2. The first-order valence-corrected chi connectivity index (χ1v) is 9.23. The van der Waals surface area contributed by atoms with Gasteiger partial charge in [0.05, 0.1) is 13.7 Å². The highest BCUT2D eigenvalue weighted by Crippen LogP contribution is 2.21. The first-order chi connectivity index (χ1) is 13.1. The van der Waals surface area contributed by atoms with Crippen LogP contribution in [0, 0.1) is 5.82 Å². The molecule has 6 nitrogen and oxygen atoms in total. The van der Waals surface area contributed by atoms with Crippen LogP contribution in [-0.4, -0.2) is 27.8 Å². The minimum absolute atomic E-state index is 0.193. The van der Waals surface area contributed by atoms with Crippen molar-refractivity contribution in [2.45, 2.75) is 17.5 Å². The van der Waals surface area contributed by atoms with Crippen LogP contribution in [0.2, 0.25) is 0 Å². The molecule has 0 radical (unpaired) electrons. The van der Waals surface area contributed by atoms with Crippen molar-refractivity contribution in [2.75, 3.05) is 7.11 Å². The summed E-state index contributed by atoms with van der Waals surface area (Å²) in [5.74, 6) is 1.56. The van der Waals surface area contributed by atoms with E-state index in [1.54, 1.807) is 43.5 Å². The minimum atomic E-state index is -0.253. The second-order valence-corrected chi connectivity index (χ2v) is 6.73. The van der Waals surface area contributed by atoms with Gasteiger partial charge in [-0.25, -0.2) is 4.39 Å². The zero-order valence-electron chi connectivity index (χ0n) is 15.0. The van der Waals surface area contributed by atoms with Crippen molar-refractivity contribution >= 4 is 17.7 Å². The smallest absolute Gasteiger partial charge is 0.251 e. The van der Waals surface area contributed by atoms with Crippen molar-refractivity contribution in [1.29, 1.82) is 0 Å².